The van der Waals surface area contributed by atoms with Gasteiger partial charge in [-0.3, -0.25) is 0 Å². The summed E-state index contributed by atoms with van der Waals surface area (Å²) in [6.07, 6.45) is 3.55. The number of aromatic nitrogens is 3. The van der Waals surface area contributed by atoms with E-state index in [2.05, 4.69) is 37.7 Å². The summed E-state index contributed by atoms with van der Waals surface area (Å²) in [7, 11) is 1.89. The lowest BCUT2D eigenvalue weighted by Crippen LogP contribution is -2.25. The van der Waals surface area contributed by atoms with Gasteiger partial charge >= 0.3 is 0 Å². The summed E-state index contributed by atoms with van der Waals surface area (Å²) in [6, 6.07) is 2.18. The van der Waals surface area contributed by atoms with E-state index in [4.69, 9.17) is 5.73 Å². The Morgan fingerprint density at radius 1 is 1.61 bits per heavy atom. The lowest BCUT2D eigenvalue weighted by molar-refractivity contribution is 0.455. The van der Waals surface area contributed by atoms with Gasteiger partial charge in [0.25, 0.3) is 0 Å². The molecule has 2 N–H and O–H groups in total. The Morgan fingerprint density at radius 3 is 3.17 bits per heavy atom. The molecule has 1 aliphatic rings. The molecule has 0 saturated heterocycles. The normalized spacial score (nSPS) is 20.7. The molecule has 0 radical (unpaired) electrons. The van der Waals surface area contributed by atoms with Crippen LogP contribution in [-0.2, 0) is 13.5 Å². The molecule has 3 rings (SSSR count). The van der Waals surface area contributed by atoms with Crippen LogP contribution in [0.25, 0.3) is 0 Å². The molecular weight excluding hydrogens is 312 g/mol. The van der Waals surface area contributed by atoms with Crippen molar-refractivity contribution >= 4 is 27.3 Å². The van der Waals surface area contributed by atoms with Gasteiger partial charge in [-0.25, -0.2) is 4.68 Å². The molecule has 2 aromatic rings. The van der Waals surface area contributed by atoms with Gasteiger partial charge in [0, 0.05) is 17.8 Å². The van der Waals surface area contributed by atoms with Crippen LogP contribution in [0, 0.1) is 0 Å². The average molecular weight is 327 g/mol. The maximum Gasteiger partial charge on any atom is 0.153 e. The Balaban J connectivity index is 1.98. The van der Waals surface area contributed by atoms with Gasteiger partial charge < -0.3 is 5.73 Å². The first-order valence-electron chi connectivity index (χ1n) is 6.05. The largest absolute Gasteiger partial charge is 0.322 e. The Morgan fingerprint density at radius 2 is 2.44 bits per heavy atom. The summed E-state index contributed by atoms with van der Waals surface area (Å²) in [4.78, 5) is 1.49. The molecule has 6 heteroatoms. The Bertz CT molecular complexity index is 543. The second-order valence-electron chi connectivity index (χ2n) is 4.71. The van der Waals surface area contributed by atoms with Gasteiger partial charge in [0.05, 0.1) is 11.7 Å². The Kier molecular flexibility index (Phi) is 3.25. The molecule has 18 heavy (non-hydrogen) atoms. The second kappa shape index (κ2) is 4.75. The van der Waals surface area contributed by atoms with E-state index in [9.17, 15) is 0 Å². The summed E-state index contributed by atoms with van der Waals surface area (Å²) in [5, 5.41) is 10.2. The SMILES string of the molecule is Cn1nnc(Br)c1C(N)C1CCCc2sccc21. The van der Waals surface area contributed by atoms with Crippen LogP contribution in [-0.4, -0.2) is 15.0 Å². The van der Waals surface area contributed by atoms with E-state index < -0.39 is 0 Å². The summed E-state index contributed by atoms with van der Waals surface area (Å²) in [5.74, 6) is 0.383. The van der Waals surface area contributed by atoms with Crippen molar-refractivity contribution in [1.82, 2.24) is 15.0 Å². The molecule has 1 aliphatic carbocycles. The number of hydrogen-bond acceptors (Lipinski definition) is 4. The van der Waals surface area contributed by atoms with Crippen molar-refractivity contribution in [3.63, 3.8) is 0 Å². The van der Waals surface area contributed by atoms with Crippen molar-refractivity contribution in [2.24, 2.45) is 12.8 Å². The number of aryl methyl sites for hydroxylation is 2. The zero-order chi connectivity index (χ0) is 12.7. The van der Waals surface area contributed by atoms with E-state index in [1.807, 2.05) is 18.4 Å². The fourth-order valence-electron chi connectivity index (χ4n) is 2.78. The molecule has 0 bridgehead atoms. The number of nitrogens with zero attached hydrogens (tertiary/aromatic N) is 3. The van der Waals surface area contributed by atoms with E-state index >= 15 is 0 Å². The van der Waals surface area contributed by atoms with E-state index in [0.29, 0.717) is 5.92 Å². The van der Waals surface area contributed by atoms with Crippen LogP contribution in [0.2, 0.25) is 0 Å². The highest BCUT2D eigenvalue weighted by Gasteiger charge is 2.30. The molecule has 2 atom stereocenters. The molecular formula is C12H15BrN4S. The molecule has 0 spiro atoms. The predicted octanol–water partition coefficient (Wildman–Crippen LogP) is 2.76. The highest BCUT2D eigenvalue weighted by molar-refractivity contribution is 9.10. The third-order valence-corrected chi connectivity index (χ3v) is 5.24. The maximum absolute atomic E-state index is 6.46. The van der Waals surface area contributed by atoms with Crippen molar-refractivity contribution in [1.29, 1.82) is 0 Å². The number of hydrogen-bond donors (Lipinski definition) is 1. The van der Waals surface area contributed by atoms with E-state index in [-0.39, 0.29) is 6.04 Å². The molecule has 0 aliphatic heterocycles. The Labute approximate surface area is 118 Å². The van der Waals surface area contributed by atoms with Gasteiger partial charge in [0.1, 0.15) is 0 Å². The number of fused-ring (bicyclic) bond motifs is 1. The minimum absolute atomic E-state index is 0.0481. The average Bonchev–Trinajstić information content (AvgIpc) is 2.95. The van der Waals surface area contributed by atoms with Crippen molar-refractivity contribution in [3.05, 3.63) is 32.2 Å². The predicted molar refractivity (Wildman–Crippen MR) is 75.6 cm³/mol. The zero-order valence-electron chi connectivity index (χ0n) is 10.1. The third-order valence-electron chi connectivity index (χ3n) is 3.67. The smallest absolute Gasteiger partial charge is 0.153 e. The minimum Gasteiger partial charge on any atom is -0.322 e. The number of rotatable bonds is 2. The summed E-state index contributed by atoms with van der Waals surface area (Å²) < 4.78 is 2.54. The first-order chi connectivity index (χ1) is 8.68. The van der Waals surface area contributed by atoms with Gasteiger partial charge in [-0.15, -0.1) is 16.4 Å². The summed E-state index contributed by atoms with van der Waals surface area (Å²) >= 11 is 5.29. The van der Waals surface area contributed by atoms with Gasteiger partial charge in [-0.2, -0.15) is 0 Å². The van der Waals surface area contributed by atoms with Crippen molar-refractivity contribution in [3.8, 4) is 0 Å². The molecule has 0 aromatic carbocycles. The first kappa shape index (κ1) is 12.3. The molecule has 2 unspecified atom stereocenters. The van der Waals surface area contributed by atoms with Crippen molar-refractivity contribution in [2.75, 3.05) is 0 Å². The van der Waals surface area contributed by atoms with Gasteiger partial charge in [0.15, 0.2) is 4.60 Å². The second-order valence-corrected chi connectivity index (χ2v) is 6.46. The van der Waals surface area contributed by atoms with Crippen LogP contribution >= 0.6 is 27.3 Å². The topological polar surface area (TPSA) is 56.7 Å². The quantitative estimate of drug-likeness (QED) is 0.923. The van der Waals surface area contributed by atoms with Crippen LogP contribution in [0.1, 0.15) is 40.9 Å². The molecule has 0 fully saturated rings. The monoisotopic (exact) mass is 326 g/mol. The molecule has 0 saturated carbocycles. The molecule has 2 heterocycles. The molecule has 0 amide bonds. The van der Waals surface area contributed by atoms with Gasteiger partial charge in [-0.1, -0.05) is 5.21 Å². The van der Waals surface area contributed by atoms with Crippen molar-refractivity contribution in [2.45, 2.75) is 31.2 Å². The van der Waals surface area contributed by atoms with Crippen LogP contribution in [0.15, 0.2) is 16.0 Å². The summed E-state index contributed by atoms with van der Waals surface area (Å²) in [6.45, 7) is 0. The van der Waals surface area contributed by atoms with Crippen LogP contribution in [0.3, 0.4) is 0 Å². The van der Waals surface area contributed by atoms with Crippen LogP contribution in [0.5, 0.6) is 0 Å². The number of thiophene rings is 1. The highest BCUT2D eigenvalue weighted by atomic mass is 79.9. The third kappa shape index (κ3) is 1.92. The maximum atomic E-state index is 6.46. The lowest BCUT2D eigenvalue weighted by atomic mass is 9.82. The fraction of sp³-hybridized carbons (Fsp3) is 0.500. The molecule has 2 aromatic heterocycles. The Hall–Kier alpha value is -0.720. The molecule has 96 valence electrons. The fourth-order valence-corrected chi connectivity index (χ4v) is 4.37. The van der Waals surface area contributed by atoms with Crippen LogP contribution in [0.4, 0.5) is 0 Å². The zero-order valence-corrected chi connectivity index (χ0v) is 12.5. The lowest BCUT2D eigenvalue weighted by Gasteiger charge is -2.28. The van der Waals surface area contributed by atoms with E-state index in [0.717, 1.165) is 16.7 Å². The van der Waals surface area contributed by atoms with Gasteiger partial charge in [0.2, 0.25) is 0 Å². The number of nitrogens with two attached hydrogens (primary N) is 1. The highest BCUT2D eigenvalue weighted by Crippen LogP contribution is 2.42. The van der Waals surface area contributed by atoms with Crippen molar-refractivity contribution < 1.29 is 0 Å². The van der Waals surface area contributed by atoms with Gasteiger partial charge in [-0.05, 0) is 52.2 Å². The van der Waals surface area contributed by atoms with Crippen LogP contribution < -0.4 is 5.73 Å². The standard InChI is InChI=1S/C12H15BrN4S/c1-17-11(12(13)15-16-17)10(14)8-3-2-4-9-7(8)5-6-18-9/h5-6,8,10H,2-4,14H2,1H3. The summed E-state index contributed by atoms with van der Waals surface area (Å²) in [5.41, 5.74) is 8.87. The van der Waals surface area contributed by atoms with E-state index in [1.54, 1.807) is 4.68 Å². The molecule has 4 nitrogen and oxygen atoms in total. The first-order valence-corrected chi connectivity index (χ1v) is 7.72. The number of halogens is 1. The van der Waals surface area contributed by atoms with E-state index in [1.165, 1.54) is 23.3 Å². The minimum atomic E-state index is -0.0481.